The van der Waals surface area contributed by atoms with Gasteiger partial charge in [-0.2, -0.15) is 5.10 Å². The van der Waals surface area contributed by atoms with Gasteiger partial charge in [-0.3, -0.25) is 9.59 Å². The molecule has 5 aromatic rings. The highest BCUT2D eigenvalue weighted by Crippen LogP contribution is 2.63. The molecule has 0 spiro atoms. The van der Waals surface area contributed by atoms with Crippen LogP contribution in [0.5, 0.6) is 0 Å². The maximum Gasteiger partial charge on any atom is 0.239 e. The molecule has 1 aliphatic heterocycles. The molecule has 0 saturated carbocycles. The molecule has 1 fully saturated rings. The van der Waals surface area contributed by atoms with Crippen LogP contribution in [0.25, 0.3) is 11.0 Å². The molecule has 0 radical (unpaired) electrons. The molecule has 2 bridgehead atoms. The number of aromatic nitrogens is 2. The summed E-state index contributed by atoms with van der Waals surface area (Å²) < 4.78 is 0. The Labute approximate surface area is 244 Å². The largest absolute Gasteiger partial charge is 0.323 e. The Balaban J connectivity index is 1.32. The highest BCUT2D eigenvalue weighted by molar-refractivity contribution is 6.38. The minimum Gasteiger partial charge on any atom is -0.323 e. The minimum atomic E-state index is -1.01. The van der Waals surface area contributed by atoms with E-state index in [-0.39, 0.29) is 22.8 Å². The molecule has 0 unspecified atom stereocenters. The van der Waals surface area contributed by atoms with Gasteiger partial charge in [0, 0.05) is 17.2 Å². The summed E-state index contributed by atoms with van der Waals surface area (Å²) in [6.45, 7) is 0. The number of benzene rings is 4. The predicted octanol–water partition coefficient (Wildman–Crippen LogP) is 6.52. The van der Waals surface area contributed by atoms with Gasteiger partial charge < -0.3 is 4.98 Å². The van der Waals surface area contributed by atoms with Crippen LogP contribution in [0, 0.1) is 11.8 Å². The van der Waals surface area contributed by atoms with Crippen LogP contribution in [0.2, 0.25) is 10.0 Å². The molecule has 9 heteroatoms. The van der Waals surface area contributed by atoms with E-state index in [4.69, 9.17) is 23.2 Å². The highest BCUT2D eigenvalue weighted by atomic mass is 35.5. The summed E-state index contributed by atoms with van der Waals surface area (Å²) in [6, 6.07) is 28.6. The number of hydrogen-bond donors (Lipinski definition) is 2. The Morgan fingerprint density at radius 1 is 0.878 bits per heavy atom. The number of imidazole rings is 1. The van der Waals surface area contributed by atoms with Gasteiger partial charge in [-0.15, -0.1) is 0 Å². The van der Waals surface area contributed by atoms with Crippen molar-refractivity contribution >= 4 is 63.9 Å². The molecule has 7 nitrogen and oxygen atoms in total. The van der Waals surface area contributed by atoms with Crippen molar-refractivity contribution in [3.63, 3.8) is 0 Å². The topological polar surface area (TPSA) is 90.4 Å². The number of aromatic amines is 1. The van der Waals surface area contributed by atoms with Crippen molar-refractivity contribution < 1.29 is 9.59 Å². The number of anilines is 2. The number of fused-ring (bicyclic) bond motifs is 1. The number of rotatable bonds is 4. The van der Waals surface area contributed by atoms with E-state index >= 15 is 0 Å². The van der Waals surface area contributed by atoms with E-state index in [1.807, 2.05) is 60.7 Å². The zero-order chi connectivity index (χ0) is 27.9. The summed E-state index contributed by atoms with van der Waals surface area (Å²) in [6.07, 6.45) is 1.78. The van der Waals surface area contributed by atoms with Crippen LogP contribution in [-0.4, -0.2) is 28.0 Å². The minimum absolute atomic E-state index is 0.245. The number of H-pyrrole nitrogens is 1. The summed E-state index contributed by atoms with van der Waals surface area (Å²) in [5.74, 6) is -1.74. The van der Waals surface area contributed by atoms with E-state index in [1.165, 1.54) is 4.90 Å². The van der Waals surface area contributed by atoms with Gasteiger partial charge in [-0.1, -0.05) is 83.9 Å². The van der Waals surface area contributed by atoms with E-state index in [9.17, 15) is 9.59 Å². The normalized spacial score (nSPS) is 24.1. The number of carbonyl (C=O) groups is 2. The number of hydrazone groups is 1. The first-order valence-electron chi connectivity index (χ1n) is 13.3. The molecule has 2 amide bonds. The molecular weight excluding hydrogens is 557 g/mol. The molecule has 2 atom stereocenters. The van der Waals surface area contributed by atoms with Gasteiger partial charge >= 0.3 is 0 Å². The van der Waals surface area contributed by atoms with Crippen LogP contribution >= 0.6 is 23.2 Å². The van der Waals surface area contributed by atoms with Crippen molar-refractivity contribution in [3.05, 3.63) is 123 Å². The molecule has 4 aromatic carbocycles. The number of halogens is 2. The quantitative estimate of drug-likeness (QED) is 0.144. The second-order valence-electron chi connectivity index (χ2n) is 10.6. The van der Waals surface area contributed by atoms with Crippen LogP contribution in [0.1, 0.15) is 28.2 Å². The number of carbonyl (C=O) groups excluding carboxylic acids is 2. The predicted molar refractivity (Wildman–Crippen MR) is 160 cm³/mol. The molecule has 1 saturated heterocycles. The fourth-order valence-corrected chi connectivity index (χ4v) is 7.64. The molecule has 2 heterocycles. The molecule has 200 valence electrons. The fraction of sp³-hybridized carbons (Fsp3) is 0.125. The smallest absolute Gasteiger partial charge is 0.239 e. The number of nitrogens with one attached hydrogen (secondary N) is 2. The maximum absolute atomic E-state index is 14.5. The lowest BCUT2D eigenvalue weighted by Gasteiger charge is -2.52. The Hall–Kier alpha value is -4.46. The van der Waals surface area contributed by atoms with Gasteiger partial charge in [0.2, 0.25) is 17.8 Å². The average Bonchev–Trinajstić information content (AvgIpc) is 3.52. The molecule has 2 N–H and O–H groups in total. The molecule has 41 heavy (non-hydrogen) atoms. The van der Waals surface area contributed by atoms with Crippen molar-refractivity contribution in [2.75, 3.05) is 10.3 Å². The number of nitrogens with zero attached hydrogens (tertiary/aromatic N) is 3. The molecule has 9 rings (SSSR count). The third-order valence-electron chi connectivity index (χ3n) is 8.66. The maximum atomic E-state index is 14.5. The second-order valence-corrected chi connectivity index (χ2v) is 11.4. The van der Waals surface area contributed by atoms with Crippen LogP contribution in [-0.2, 0) is 15.0 Å². The van der Waals surface area contributed by atoms with Gasteiger partial charge in [0.25, 0.3) is 0 Å². The van der Waals surface area contributed by atoms with Crippen molar-refractivity contribution in [1.82, 2.24) is 9.97 Å². The van der Waals surface area contributed by atoms with Crippen LogP contribution < -0.4 is 10.3 Å². The number of amides is 2. The first kappa shape index (κ1) is 24.3. The summed E-state index contributed by atoms with van der Waals surface area (Å²) in [5.41, 5.74) is 8.02. The molecule has 1 aromatic heterocycles. The van der Waals surface area contributed by atoms with Crippen LogP contribution in [0.15, 0.2) is 96.1 Å². The van der Waals surface area contributed by atoms with E-state index in [0.717, 1.165) is 33.3 Å². The lowest BCUT2D eigenvalue weighted by molar-refractivity contribution is -0.122. The van der Waals surface area contributed by atoms with Crippen molar-refractivity contribution in [3.8, 4) is 0 Å². The molecule has 4 aliphatic rings. The lowest BCUT2D eigenvalue weighted by Crippen LogP contribution is -2.54. The SMILES string of the molecule is O=C1[C@@H]2[C@@H](C(=O)N1c1ccc(Cl)cc1Cl)C1c3ccccc3C2(/C=N\Nc2nc3ccccc3[nH]2)c2ccccc21. The number of para-hydroxylation sites is 2. The van der Waals surface area contributed by atoms with Gasteiger partial charge in [-0.05, 0) is 52.6 Å². The number of hydrogen-bond acceptors (Lipinski definition) is 5. The van der Waals surface area contributed by atoms with Gasteiger partial charge in [-0.25, -0.2) is 15.3 Å². The van der Waals surface area contributed by atoms with E-state index in [0.29, 0.717) is 16.7 Å². The average molecular weight is 578 g/mol. The number of imide groups is 1. The standard InChI is InChI=1S/C32H21Cl2N5O2/c33-17-13-14-25(22(34)15-17)39-29(40)27-26-18-7-1-3-9-20(18)32(28(27)30(39)41,21-10-4-2-8-19(21)26)16-35-38-31-36-23-11-5-6-12-24(23)37-31/h1-16,26-28H,(H2,36,37,38)/b35-16-/t26?,27-,28-,32?/m0/s1. The molecule has 3 aliphatic carbocycles. The lowest BCUT2D eigenvalue weighted by atomic mass is 9.47. The zero-order valence-electron chi connectivity index (χ0n) is 21.4. The van der Waals surface area contributed by atoms with Gasteiger partial charge in [0.05, 0.1) is 39.0 Å². The van der Waals surface area contributed by atoms with Crippen LogP contribution in [0.3, 0.4) is 0 Å². The Morgan fingerprint density at radius 2 is 1.56 bits per heavy atom. The summed E-state index contributed by atoms with van der Waals surface area (Å²) in [5, 5.41) is 5.35. The summed E-state index contributed by atoms with van der Waals surface area (Å²) >= 11 is 12.7. The first-order valence-corrected chi connectivity index (χ1v) is 14.0. The third-order valence-corrected chi connectivity index (χ3v) is 9.20. The van der Waals surface area contributed by atoms with E-state index in [1.54, 1.807) is 24.4 Å². The fourth-order valence-electron chi connectivity index (χ4n) is 7.15. The van der Waals surface area contributed by atoms with Crippen molar-refractivity contribution in [1.29, 1.82) is 0 Å². The summed E-state index contributed by atoms with van der Waals surface area (Å²) in [4.78, 5) is 37.8. The monoisotopic (exact) mass is 577 g/mol. The van der Waals surface area contributed by atoms with Gasteiger partial charge in [0.15, 0.2) is 0 Å². The van der Waals surface area contributed by atoms with Crippen molar-refractivity contribution in [2.45, 2.75) is 11.3 Å². The summed E-state index contributed by atoms with van der Waals surface area (Å²) in [7, 11) is 0. The zero-order valence-corrected chi connectivity index (χ0v) is 22.9. The Morgan fingerprint density at radius 3 is 2.27 bits per heavy atom. The van der Waals surface area contributed by atoms with E-state index < -0.39 is 17.3 Å². The van der Waals surface area contributed by atoms with Crippen LogP contribution in [0.4, 0.5) is 11.6 Å². The third kappa shape index (κ3) is 3.27. The Kier molecular flexibility index (Phi) is 5.21. The Bertz CT molecular complexity index is 1870. The highest BCUT2D eigenvalue weighted by Gasteiger charge is 2.68. The first-order chi connectivity index (χ1) is 20.0. The van der Waals surface area contributed by atoms with E-state index in [2.05, 4.69) is 32.6 Å². The second kappa shape index (κ2) is 8.77. The van der Waals surface area contributed by atoms with Gasteiger partial charge in [0.1, 0.15) is 0 Å². The van der Waals surface area contributed by atoms with Crippen molar-refractivity contribution in [2.24, 2.45) is 16.9 Å². The molecular formula is C32H21Cl2N5O2.